The van der Waals surface area contributed by atoms with Gasteiger partial charge in [0.2, 0.25) is 0 Å². The average Bonchev–Trinajstić information content (AvgIpc) is 2.48. The monoisotopic (exact) mass is 312 g/mol. The van der Waals surface area contributed by atoms with Crippen molar-refractivity contribution in [1.29, 1.82) is 0 Å². The molecule has 0 aliphatic heterocycles. The summed E-state index contributed by atoms with van der Waals surface area (Å²) in [4.78, 5) is 0. The third-order valence-electron chi connectivity index (χ3n) is 4.32. The first-order valence-corrected chi connectivity index (χ1v) is 8.59. The molecule has 124 valence electrons. The van der Waals surface area contributed by atoms with Crippen LogP contribution in [0.5, 0.6) is 11.5 Å². The van der Waals surface area contributed by atoms with Crippen LogP contribution in [-0.2, 0) is 6.42 Å². The number of hydrogen-bond acceptors (Lipinski definition) is 2. The van der Waals surface area contributed by atoms with E-state index in [2.05, 4.69) is 33.8 Å². The molecule has 0 saturated heterocycles. The second kappa shape index (κ2) is 7.54. The van der Waals surface area contributed by atoms with Gasteiger partial charge in [-0.3, -0.25) is 0 Å². The van der Waals surface area contributed by atoms with Gasteiger partial charge in [0.05, 0.1) is 5.56 Å². The summed E-state index contributed by atoms with van der Waals surface area (Å²) in [6, 6.07) is 9.75. The molecule has 0 radical (unpaired) electrons. The third kappa shape index (κ3) is 4.07. The Bertz CT molecular complexity index is 649. The van der Waals surface area contributed by atoms with E-state index in [1.165, 1.54) is 12.0 Å². The van der Waals surface area contributed by atoms with Gasteiger partial charge in [-0.25, -0.2) is 0 Å². The first-order valence-electron chi connectivity index (χ1n) is 8.59. The molecule has 0 unspecified atom stereocenters. The lowest BCUT2D eigenvalue weighted by atomic mass is 9.89. The van der Waals surface area contributed by atoms with Gasteiger partial charge in [-0.15, -0.1) is 0 Å². The Hall–Kier alpha value is -1.96. The minimum absolute atomic E-state index is 0.169. The molecule has 0 amide bonds. The zero-order valence-corrected chi connectivity index (χ0v) is 14.7. The second-order valence-corrected chi connectivity index (χ2v) is 6.71. The van der Waals surface area contributed by atoms with Crippen molar-refractivity contribution in [2.24, 2.45) is 0 Å². The van der Waals surface area contributed by atoms with E-state index in [0.29, 0.717) is 11.5 Å². The van der Waals surface area contributed by atoms with E-state index in [0.717, 1.165) is 36.0 Å². The molecule has 0 atom stereocenters. The number of phenolic OH excluding ortho intramolecular Hbond substituents is 2. The van der Waals surface area contributed by atoms with Crippen molar-refractivity contribution < 1.29 is 10.2 Å². The number of aromatic hydroxyl groups is 2. The maximum absolute atomic E-state index is 10.5. The number of aryl methyl sites for hydroxylation is 2. The summed E-state index contributed by atoms with van der Waals surface area (Å²) < 4.78 is 0. The normalized spacial score (nSPS) is 11.2. The molecule has 0 spiro atoms. The Balaban J connectivity index is 2.45. The zero-order valence-electron chi connectivity index (χ0n) is 14.7. The Morgan fingerprint density at radius 3 is 2.17 bits per heavy atom. The van der Waals surface area contributed by atoms with Gasteiger partial charge in [-0.2, -0.15) is 0 Å². The van der Waals surface area contributed by atoms with Gasteiger partial charge in [0.15, 0.2) is 0 Å². The van der Waals surface area contributed by atoms with Crippen molar-refractivity contribution in [3.8, 4) is 22.6 Å². The lowest BCUT2D eigenvalue weighted by molar-refractivity contribution is 0.452. The quantitative estimate of drug-likeness (QED) is 0.649. The standard InChI is InChI=1S/C21H28O2/c1-5-6-7-8-16-12-19(22)21(20(23)13-16)17-10-9-15(4)11-18(17)14(2)3/h9-14,22-23H,5-8H2,1-4H3. The van der Waals surface area contributed by atoms with Crippen LogP contribution in [0.4, 0.5) is 0 Å². The van der Waals surface area contributed by atoms with Gasteiger partial charge in [-0.1, -0.05) is 57.4 Å². The predicted molar refractivity (Wildman–Crippen MR) is 97.3 cm³/mol. The predicted octanol–water partition coefficient (Wildman–Crippen LogP) is 5.93. The Labute approximate surface area is 139 Å². The molecule has 2 aromatic carbocycles. The van der Waals surface area contributed by atoms with E-state index in [1.54, 1.807) is 12.1 Å². The largest absolute Gasteiger partial charge is 0.507 e. The highest BCUT2D eigenvalue weighted by Gasteiger charge is 2.17. The summed E-state index contributed by atoms with van der Waals surface area (Å²) >= 11 is 0. The molecule has 2 heteroatoms. The van der Waals surface area contributed by atoms with Crippen LogP contribution in [0.2, 0.25) is 0 Å². The molecule has 0 heterocycles. The smallest absolute Gasteiger partial charge is 0.127 e. The van der Waals surface area contributed by atoms with E-state index in [1.807, 2.05) is 12.1 Å². The van der Waals surface area contributed by atoms with Crippen LogP contribution in [-0.4, -0.2) is 10.2 Å². The number of phenols is 2. The summed E-state index contributed by atoms with van der Waals surface area (Å²) in [5.41, 5.74) is 4.80. The molecule has 0 bridgehead atoms. The molecule has 23 heavy (non-hydrogen) atoms. The molecule has 0 aliphatic rings. The van der Waals surface area contributed by atoms with Crippen LogP contribution >= 0.6 is 0 Å². The van der Waals surface area contributed by atoms with Crippen molar-refractivity contribution in [2.75, 3.05) is 0 Å². The molecule has 2 nitrogen and oxygen atoms in total. The highest BCUT2D eigenvalue weighted by Crippen LogP contribution is 2.42. The van der Waals surface area contributed by atoms with Crippen LogP contribution in [0.15, 0.2) is 30.3 Å². The van der Waals surface area contributed by atoms with E-state index >= 15 is 0 Å². The van der Waals surface area contributed by atoms with Crippen LogP contribution in [0.25, 0.3) is 11.1 Å². The molecule has 0 saturated carbocycles. The van der Waals surface area contributed by atoms with Gasteiger partial charge in [0.1, 0.15) is 11.5 Å². The first-order chi connectivity index (χ1) is 10.9. The summed E-state index contributed by atoms with van der Waals surface area (Å²) in [6.45, 7) is 8.49. The highest BCUT2D eigenvalue weighted by molar-refractivity contribution is 5.79. The minimum Gasteiger partial charge on any atom is -0.507 e. The van der Waals surface area contributed by atoms with E-state index < -0.39 is 0 Å². The number of unbranched alkanes of at least 4 members (excludes halogenated alkanes) is 2. The van der Waals surface area contributed by atoms with Crippen molar-refractivity contribution in [1.82, 2.24) is 0 Å². The topological polar surface area (TPSA) is 40.5 Å². The Morgan fingerprint density at radius 1 is 0.957 bits per heavy atom. The lowest BCUT2D eigenvalue weighted by Crippen LogP contribution is -1.95. The zero-order chi connectivity index (χ0) is 17.0. The Morgan fingerprint density at radius 2 is 1.61 bits per heavy atom. The molecule has 0 fully saturated rings. The van der Waals surface area contributed by atoms with Crippen LogP contribution in [0.3, 0.4) is 0 Å². The first kappa shape index (κ1) is 17.4. The number of benzene rings is 2. The summed E-state index contributed by atoms with van der Waals surface area (Å²) in [5, 5.41) is 21.0. The summed E-state index contributed by atoms with van der Waals surface area (Å²) in [5.74, 6) is 0.664. The molecule has 0 aromatic heterocycles. The third-order valence-corrected chi connectivity index (χ3v) is 4.32. The fraction of sp³-hybridized carbons (Fsp3) is 0.429. The molecule has 0 aliphatic carbocycles. The SMILES string of the molecule is CCCCCc1cc(O)c(-c2ccc(C)cc2C(C)C)c(O)c1. The van der Waals surface area contributed by atoms with Gasteiger partial charge in [0, 0.05) is 0 Å². The molecule has 2 rings (SSSR count). The molecule has 2 N–H and O–H groups in total. The van der Waals surface area contributed by atoms with Crippen LogP contribution < -0.4 is 0 Å². The van der Waals surface area contributed by atoms with Gasteiger partial charge >= 0.3 is 0 Å². The second-order valence-electron chi connectivity index (χ2n) is 6.71. The molecule has 2 aromatic rings. The van der Waals surface area contributed by atoms with E-state index in [9.17, 15) is 10.2 Å². The van der Waals surface area contributed by atoms with Crippen molar-refractivity contribution in [3.63, 3.8) is 0 Å². The highest BCUT2D eigenvalue weighted by atomic mass is 16.3. The average molecular weight is 312 g/mol. The maximum atomic E-state index is 10.5. The van der Waals surface area contributed by atoms with Crippen molar-refractivity contribution >= 4 is 0 Å². The van der Waals surface area contributed by atoms with Gasteiger partial charge in [0.25, 0.3) is 0 Å². The van der Waals surface area contributed by atoms with Gasteiger partial charge in [-0.05, 0) is 54.5 Å². The molecular weight excluding hydrogens is 284 g/mol. The number of hydrogen-bond donors (Lipinski definition) is 2. The van der Waals surface area contributed by atoms with E-state index in [4.69, 9.17) is 0 Å². The van der Waals surface area contributed by atoms with Crippen molar-refractivity contribution in [3.05, 3.63) is 47.0 Å². The summed E-state index contributed by atoms with van der Waals surface area (Å²) in [6.07, 6.45) is 4.30. The fourth-order valence-corrected chi connectivity index (χ4v) is 3.06. The fourth-order valence-electron chi connectivity index (χ4n) is 3.06. The Kier molecular flexibility index (Phi) is 5.70. The molecular formula is C21H28O2. The maximum Gasteiger partial charge on any atom is 0.127 e. The van der Waals surface area contributed by atoms with Crippen LogP contribution in [0.1, 0.15) is 62.6 Å². The van der Waals surface area contributed by atoms with E-state index in [-0.39, 0.29) is 11.5 Å². The minimum atomic E-state index is 0.169. The van der Waals surface area contributed by atoms with Crippen molar-refractivity contribution in [2.45, 2.75) is 59.3 Å². The lowest BCUT2D eigenvalue weighted by Gasteiger charge is -2.17. The van der Waals surface area contributed by atoms with Gasteiger partial charge < -0.3 is 10.2 Å². The summed E-state index contributed by atoms with van der Waals surface area (Å²) in [7, 11) is 0. The number of rotatable bonds is 6. The van der Waals surface area contributed by atoms with Crippen LogP contribution in [0, 0.1) is 6.92 Å².